The second kappa shape index (κ2) is 10.8. The molecule has 9 nitrogen and oxygen atoms in total. The van der Waals surface area contributed by atoms with Crippen molar-refractivity contribution >= 4 is 18.7 Å². The molecule has 4 rings (SSSR count). The maximum atomic E-state index is 15.2. The van der Waals surface area contributed by atoms with Gasteiger partial charge in [0.15, 0.2) is 5.82 Å². The van der Waals surface area contributed by atoms with Gasteiger partial charge in [-0.25, -0.2) is 13.9 Å². The van der Waals surface area contributed by atoms with Crippen LogP contribution in [0.15, 0.2) is 23.4 Å². The number of aliphatic hydroxyl groups excluding tert-OH is 1. The van der Waals surface area contributed by atoms with Gasteiger partial charge in [0.2, 0.25) is 0 Å². The number of ether oxygens (including phenoxy) is 2. The fraction of sp³-hybridized carbons (Fsp3) is 0.571. The van der Waals surface area contributed by atoms with Crippen LogP contribution in [0, 0.1) is 5.92 Å². The van der Waals surface area contributed by atoms with E-state index in [-0.39, 0.29) is 30.5 Å². The van der Waals surface area contributed by atoms with Gasteiger partial charge in [0, 0.05) is 29.7 Å². The van der Waals surface area contributed by atoms with Gasteiger partial charge in [-0.3, -0.25) is 0 Å². The standard InChI is InChI=1S/C28H38FN5O4/c1-16(17(2)22-8-9-33(15-23(22)29)27(36)38-28(4,5)6)10-20-14-30-34(18(20)3)25-13-24(19-11-21(35)12-19)31-26(32-25)37-7/h10,13-14,19,21-23,35H,3,8-9,11-12,15H2,1-2,4-7H3/b17-16+,20-10-/t19-,21-,22?,23?. The Balaban J connectivity index is 1.55. The first-order chi connectivity index (χ1) is 17.9. The average molecular weight is 528 g/mol. The molecule has 10 heteroatoms. The van der Waals surface area contributed by atoms with E-state index in [2.05, 4.69) is 21.6 Å². The molecular formula is C28H38FN5O4. The van der Waals surface area contributed by atoms with Crippen LogP contribution in [0.2, 0.25) is 0 Å². The molecule has 0 aromatic carbocycles. The lowest BCUT2D eigenvalue weighted by Gasteiger charge is -2.36. The third kappa shape index (κ3) is 6.06. The number of aliphatic hydroxyl groups is 1. The minimum absolute atomic E-state index is 0.0125. The normalized spacial score (nSPS) is 25.1. The minimum Gasteiger partial charge on any atom is -0.467 e. The topological polar surface area (TPSA) is 103 Å². The van der Waals surface area contributed by atoms with Crippen molar-refractivity contribution in [3.63, 3.8) is 0 Å². The van der Waals surface area contributed by atoms with Crippen molar-refractivity contribution in [2.75, 3.05) is 20.2 Å². The number of aromatic nitrogens is 4. The maximum absolute atomic E-state index is 15.2. The van der Waals surface area contributed by atoms with Crippen molar-refractivity contribution in [2.24, 2.45) is 5.92 Å². The predicted molar refractivity (Wildman–Crippen MR) is 142 cm³/mol. The summed E-state index contributed by atoms with van der Waals surface area (Å²) in [6, 6.07) is 2.09. The molecule has 1 saturated heterocycles. The number of hydrogen-bond donors (Lipinski definition) is 1. The van der Waals surface area contributed by atoms with E-state index in [1.807, 2.05) is 26.0 Å². The number of methoxy groups -OCH3 is 1. The van der Waals surface area contributed by atoms with Crippen molar-refractivity contribution in [3.8, 4) is 11.8 Å². The Morgan fingerprint density at radius 2 is 1.97 bits per heavy atom. The van der Waals surface area contributed by atoms with Crippen LogP contribution in [0.4, 0.5) is 9.18 Å². The number of carbonyl (C=O) groups is 1. The first-order valence-electron chi connectivity index (χ1n) is 13.0. The fourth-order valence-electron chi connectivity index (χ4n) is 4.90. The summed E-state index contributed by atoms with van der Waals surface area (Å²) in [6.45, 7) is 14.0. The molecule has 1 saturated carbocycles. The highest BCUT2D eigenvalue weighted by Gasteiger charge is 2.35. The molecule has 1 amide bonds. The molecule has 2 aromatic heterocycles. The summed E-state index contributed by atoms with van der Waals surface area (Å²) >= 11 is 0. The highest BCUT2D eigenvalue weighted by atomic mass is 19.1. The van der Waals surface area contributed by atoms with E-state index in [1.165, 1.54) is 12.0 Å². The van der Waals surface area contributed by atoms with Gasteiger partial charge < -0.3 is 19.5 Å². The molecule has 0 radical (unpaired) electrons. The highest BCUT2D eigenvalue weighted by molar-refractivity contribution is 5.68. The molecule has 1 N–H and O–H groups in total. The van der Waals surface area contributed by atoms with Gasteiger partial charge in [0.1, 0.15) is 11.8 Å². The molecule has 2 aliphatic rings. The summed E-state index contributed by atoms with van der Waals surface area (Å²) in [5.41, 5.74) is 2.05. The number of carbonyl (C=O) groups excluding carboxylic acids is 1. The maximum Gasteiger partial charge on any atom is 0.410 e. The summed E-state index contributed by atoms with van der Waals surface area (Å²) < 4.78 is 27.5. The Labute approximate surface area is 222 Å². The molecule has 2 atom stereocenters. The van der Waals surface area contributed by atoms with Crippen molar-refractivity contribution in [1.82, 2.24) is 24.6 Å². The van der Waals surface area contributed by atoms with E-state index in [1.54, 1.807) is 31.6 Å². The Hall–Kier alpha value is -3.27. The Kier molecular flexibility index (Phi) is 7.92. The van der Waals surface area contributed by atoms with Crippen molar-refractivity contribution in [2.45, 2.75) is 77.7 Å². The van der Waals surface area contributed by atoms with E-state index < -0.39 is 17.9 Å². The van der Waals surface area contributed by atoms with Crippen LogP contribution >= 0.6 is 0 Å². The first kappa shape index (κ1) is 27.8. The van der Waals surface area contributed by atoms with Crippen LogP contribution in [0.1, 0.15) is 65.5 Å². The highest BCUT2D eigenvalue weighted by Crippen LogP contribution is 2.36. The number of amides is 1. The number of nitrogens with zero attached hydrogens (tertiary/aromatic N) is 5. The number of alkyl halides is 1. The molecule has 1 aliphatic carbocycles. The zero-order valence-electron chi connectivity index (χ0n) is 23.1. The summed E-state index contributed by atoms with van der Waals surface area (Å²) in [5, 5.41) is 15.6. The summed E-state index contributed by atoms with van der Waals surface area (Å²) in [5.74, 6) is 0.396. The van der Waals surface area contributed by atoms with Crippen LogP contribution in [-0.2, 0) is 4.74 Å². The first-order valence-corrected chi connectivity index (χ1v) is 13.0. The number of likely N-dealkylation sites (tertiary alicyclic amines) is 1. The lowest BCUT2D eigenvalue weighted by Crippen LogP contribution is -2.47. The molecule has 0 spiro atoms. The number of piperidine rings is 1. The van der Waals surface area contributed by atoms with E-state index >= 15 is 4.39 Å². The third-order valence-corrected chi connectivity index (χ3v) is 7.29. The zero-order chi connectivity index (χ0) is 27.8. The summed E-state index contributed by atoms with van der Waals surface area (Å²) in [6.07, 6.45) is 3.54. The number of allylic oxidation sites excluding steroid dienone is 2. The van der Waals surface area contributed by atoms with Crippen LogP contribution in [0.3, 0.4) is 0 Å². The van der Waals surface area contributed by atoms with E-state index in [0.29, 0.717) is 37.0 Å². The van der Waals surface area contributed by atoms with E-state index in [4.69, 9.17) is 9.47 Å². The van der Waals surface area contributed by atoms with Gasteiger partial charge in [0.05, 0.1) is 37.0 Å². The molecular weight excluding hydrogens is 489 g/mol. The molecule has 38 heavy (non-hydrogen) atoms. The smallest absolute Gasteiger partial charge is 0.410 e. The number of rotatable bonds is 5. The molecule has 3 heterocycles. The molecule has 206 valence electrons. The van der Waals surface area contributed by atoms with Crippen molar-refractivity contribution < 1.29 is 23.8 Å². The summed E-state index contributed by atoms with van der Waals surface area (Å²) in [4.78, 5) is 22.7. The van der Waals surface area contributed by atoms with Crippen molar-refractivity contribution in [1.29, 1.82) is 0 Å². The predicted octanol–water partition coefficient (Wildman–Crippen LogP) is 3.03. The SMILES string of the molecule is C=c1/c(=C\C(C)=C(/C)C2CCN(C(=O)OC(C)(C)C)CC2F)cnn1-c1cc([C@H]2C[C@H](O)C2)nc(OC)n1. The molecule has 2 fully saturated rings. The van der Waals surface area contributed by atoms with Gasteiger partial charge in [-0.15, -0.1) is 0 Å². The minimum atomic E-state index is -1.18. The van der Waals surface area contributed by atoms with Crippen LogP contribution in [0.25, 0.3) is 18.5 Å². The van der Waals surface area contributed by atoms with Gasteiger partial charge in [0.25, 0.3) is 0 Å². The van der Waals surface area contributed by atoms with E-state index in [0.717, 1.165) is 22.1 Å². The Bertz CT molecular complexity index is 1330. The second-order valence-electron chi connectivity index (χ2n) is 11.3. The number of halogens is 1. The van der Waals surface area contributed by atoms with Crippen LogP contribution < -0.4 is 15.3 Å². The van der Waals surface area contributed by atoms with E-state index in [9.17, 15) is 9.90 Å². The average Bonchev–Trinajstić information content (AvgIpc) is 3.19. The van der Waals surface area contributed by atoms with Gasteiger partial charge >= 0.3 is 12.1 Å². The summed E-state index contributed by atoms with van der Waals surface area (Å²) in [7, 11) is 1.51. The lowest BCUT2D eigenvalue weighted by atomic mass is 9.80. The Morgan fingerprint density at radius 1 is 1.26 bits per heavy atom. The van der Waals surface area contributed by atoms with Gasteiger partial charge in [-0.2, -0.15) is 15.1 Å². The largest absolute Gasteiger partial charge is 0.467 e. The zero-order valence-corrected chi connectivity index (χ0v) is 23.1. The second-order valence-corrected chi connectivity index (χ2v) is 11.3. The van der Waals surface area contributed by atoms with Gasteiger partial charge in [-0.1, -0.05) is 17.7 Å². The van der Waals surface area contributed by atoms with Crippen LogP contribution in [-0.4, -0.2) is 73.9 Å². The molecule has 0 bridgehead atoms. The molecule has 1 aliphatic heterocycles. The van der Waals surface area contributed by atoms with Crippen molar-refractivity contribution in [3.05, 3.63) is 39.7 Å². The monoisotopic (exact) mass is 527 g/mol. The third-order valence-electron chi connectivity index (χ3n) is 7.29. The fourth-order valence-corrected chi connectivity index (χ4v) is 4.90. The quantitative estimate of drug-likeness (QED) is 0.638. The molecule has 2 unspecified atom stereocenters. The molecule has 2 aromatic rings. The van der Waals surface area contributed by atoms with Gasteiger partial charge in [-0.05, 0) is 60.0 Å². The lowest BCUT2D eigenvalue weighted by molar-refractivity contribution is 0.00831. The van der Waals surface area contributed by atoms with Crippen LogP contribution in [0.5, 0.6) is 6.01 Å². The number of hydrogen-bond acceptors (Lipinski definition) is 7. The Morgan fingerprint density at radius 3 is 2.58 bits per heavy atom.